The van der Waals surface area contributed by atoms with Crippen LogP contribution in [0.4, 0.5) is 10.5 Å². The fourth-order valence-electron chi connectivity index (χ4n) is 2.83. The van der Waals surface area contributed by atoms with Crippen LogP contribution in [0, 0.1) is 6.92 Å². The highest BCUT2D eigenvalue weighted by Crippen LogP contribution is 2.36. The van der Waals surface area contributed by atoms with Gasteiger partial charge in [0, 0.05) is 5.02 Å². The molecule has 6 nitrogen and oxygen atoms in total. The quantitative estimate of drug-likeness (QED) is 0.424. The molecule has 9 heteroatoms. The predicted molar refractivity (Wildman–Crippen MR) is 118 cm³/mol. The molecule has 0 spiro atoms. The number of ether oxygens (including phenoxy) is 1. The van der Waals surface area contributed by atoms with Crippen LogP contribution in [0.15, 0.2) is 44.9 Å². The molecule has 1 fully saturated rings. The number of nitrogens with zero attached hydrogens (tertiary/aromatic N) is 1. The number of benzene rings is 2. The maximum absolute atomic E-state index is 13.0. The molecule has 29 heavy (non-hydrogen) atoms. The first-order valence-corrected chi connectivity index (χ1v) is 10.5. The lowest BCUT2D eigenvalue weighted by molar-refractivity contribution is -0.122. The fourth-order valence-corrected chi connectivity index (χ4v) is 4.45. The summed E-state index contributed by atoms with van der Waals surface area (Å²) in [4.78, 5) is 38.7. The summed E-state index contributed by atoms with van der Waals surface area (Å²) in [5, 5.41) is 2.61. The van der Waals surface area contributed by atoms with Crippen LogP contribution in [0.5, 0.6) is 5.75 Å². The van der Waals surface area contributed by atoms with Crippen molar-refractivity contribution in [3.63, 3.8) is 0 Å². The molecule has 3 rings (SSSR count). The smallest absolute Gasteiger partial charge is 0.335 e. The van der Waals surface area contributed by atoms with E-state index in [2.05, 4.69) is 37.2 Å². The van der Waals surface area contributed by atoms with Crippen molar-refractivity contribution < 1.29 is 19.1 Å². The topological polar surface area (TPSA) is 75.7 Å². The summed E-state index contributed by atoms with van der Waals surface area (Å²) in [5.74, 6) is -0.886. The van der Waals surface area contributed by atoms with Crippen LogP contribution in [0.2, 0.25) is 5.02 Å². The van der Waals surface area contributed by atoms with E-state index in [9.17, 15) is 14.4 Å². The average Bonchev–Trinajstić information content (AvgIpc) is 2.65. The summed E-state index contributed by atoms with van der Waals surface area (Å²) in [6.45, 7) is 4.04. The third-order valence-corrected chi connectivity index (χ3v) is 5.79. The van der Waals surface area contributed by atoms with Crippen molar-refractivity contribution in [2.24, 2.45) is 0 Å². The van der Waals surface area contributed by atoms with Crippen molar-refractivity contribution in [2.45, 2.75) is 13.8 Å². The first kappa shape index (κ1) is 21.5. The third kappa shape index (κ3) is 4.24. The van der Waals surface area contributed by atoms with E-state index < -0.39 is 17.8 Å². The van der Waals surface area contributed by atoms with Crippen LogP contribution in [0.25, 0.3) is 6.08 Å². The monoisotopic (exact) mass is 540 g/mol. The van der Waals surface area contributed by atoms with E-state index in [4.69, 9.17) is 16.3 Å². The van der Waals surface area contributed by atoms with Gasteiger partial charge in [0.25, 0.3) is 11.8 Å². The average molecular weight is 543 g/mol. The Bertz CT molecular complexity index is 1050. The van der Waals surface area contributed by atoms with Crippen LogP contribution < -0.4 is 15.0 Å². The number of amides is 4. The van der Waals surface area contributed by atoms with Gasteiger partial charge in [-0.3, -0.25) is 14.9 Å². The number of carbonyl (C=O) groups is 3. The number of urea groups is 1. The van der Waals surface area contributed by atoms with Gasteiger partial charge in [0.2, 0.25) is 0 Å². The molecule has 1 aliphatic heterocycles. The molecule has 1 aliphatic rings. The number of imide groups is 2. The zero-order chi connectivity index (χ0) is 21.3. The van der Waals surface area contributed by atoms with Gasteiger partial charge in [-0.25, -0.2) is 9.69 Å². The Morgan fingerprint density at radius 1 is 1.17 bits per heavy atom. The lowest BCUT2D eigenvalue weighted by Gasteiger charge is -2.27. The molecule has 2 aromatic rings. The van der Waals surface area contributed by atoms with Crippen LogP contribution in [0.1, 0.15) is 18.1 Å². The van der Waals surface area contributed by atoms with Crippen LogP contribution in [-0.2, 0) is 9.59 Å². The lowest BCUT2D eigenvalue weighted by atomic mass is 10.1. The highest BCUT2D eigenvalue weighted by molar-refractivity contribution is 9.11. The van der Waals surface area contributed by atoms with Gasteiger partial charge < -0.3 is 4.74 Å². The van der Waals surface area contributed by atoms with Gasteiger partial charge in [0.1, 0.15) is 11.3 Å². The van der Waals surface area contributed by atoms with Crippen molar-refractivity contribution in [1.29, 1.82) is 0 Å². The normalized spacial score (nSPS) is 15.7. The Kier molecular flexibility index (Phi) is 6.45. The zero-order valence-corrected chi connectivity index (χ0v) is 19.3. The number of rotatable bonds is 4. The number of nitrogens with one attached hydrogen (secondary N) is 1. The minimum absolute atomic E-state index is 0.174. The number of hydrogen-bond acceptors (Lipinski definition) is 4. The van der Waals surface area contributed by atoms with Crippen molar-refractivity contribution in [2.75, 3.05) is 11.5 Å². The van der Waals surface area contributed by atoms with E-state index in [0.717, 1.165) is 4.90 Å². The summed E-state index contributed by atoms with van der Waals surface area (Å²) < 4.78 is 6.85. The zero-order valence-electron chi connectivity index (χ0n) is 15.4. The minimum atomic E-state index is -0.823. The first-order valence-electron chi connectivity index (χ1n) is 8.53. The summed E-state index contributed by atoms with van der Waals surface area (Å²) >= 11 is 13.0. The summed E-state index contributed by atoms with van der Waals surface area (Å²) in [6.07, 6.45) is 1.42. The van der Waals surface area contributed by atoms with Gasteiger partial charge in [0.15, 0.2) is 0 Å². The Balaban J connectivity index is 2.05. The molecule has 0 bridgehead atoms. The van der Waals surface area contributed by atoms with Crippen LogP contribution in [0.3, 0.4) is 0 Å². The molecule has 150 valence electrons. The second kappa shape index (κ2) is 8.69. The molecule has 0 unspecified atom stereocenters. The van der Waals surface area contributed by atoms with Gasteiger partial charge in [0.05, 0.1) is 21.2 Å². The Morgan fingerprint density at radius 3 is 2.45 bits per heavy atom. The summed E-state index contributed by atoms with van der Waals surface area (Å²) in [7, 11) is 0. The van der Waals surface area contributed by atoms with Crippen LogP contribution >= 0.6 is 43.5 Å². The second-order valence-electron chi connectivity index (χ2n) is 6.09. The molecule has 2 aromatic carbocycles. The van der Waals surface area contributed by atoms with E-state index in [1.54, 1.807) is 37.3 Å². The molecule has 0 saturated carbocycles. The summed E-state index contributed by atoms with van der Waals surface area (Å²) in [5.41, 5.74) is 1.26. The van der Waals surface area contributed by atoms with Gasteiger partial charge in [-0.1, -0.05) is 17.7 Å². The molecule has 0 radical (unpaired) electrons. The number of halogens is 3. The number of hydrogen-bond donors (Lipinski definition) is 1. The van der Waals surface area contributed by atoms with Gasteiger partial charge in [-0.15, -0.1) is 0 Å². The van der Waals surface area contributed by atoms with Gasteiger partial charge in [-0.2, -0.15) is 0 Å². The molecule has 1 saturated heterocycles. The minimum Gasteiger partial charge on any atom is -0.492 e. The number of barbiturate groups is 1. The molecule has 4 amide bonds. The molecule has 1 N–H and O–H groups in total. The molecular formula is C20H15Br2ClN2O4. The second-order valence-corrected chi connectivity index (χ2v) is 8.20. The standard InChI is InChI=1S/C20H15Br2ClN2O4/c1-3-29-17-13(21)8-11(9-14(17)22)7-12-18(26)24-20(28)25(19(12)27)16-6-4-5-15(23)10(16)2/h4-9H,3H2,1-2H3,(H,24,26,28)/b12-7+. The summed E-state index contributed by atoms with van der Waals surface area (Å²) in [6, 6.07) is 7.49. The highest BCUT2D eigenvalue weighted by atomic mass is 79.9. The van der Waals surface area contributed by atoms with Gasteiger partial charge in [-0.05, 0) is 87.2 Å². The Morgan fingerprint density at radius 2 is 1.83 bits per heavy atom. The number of carbonyl (C=O) groups excluding carboxylic acids is 3. The maximum atomic E-state index is 13.0. The van der Waals surface area contributed by atoms with Crippen molar-refractivity contribution >= 4 is 73.1 Å². The van der Waals surface area contributed by atoms with E-state index in [-0.39, 0.29) is 5.57 Å². The van der Waals surface area contributed by atoms with E-state index in [0.29, 0.717) is 43.1 Å². The fraction of sp³-hybridized carbons (Fsp3) is 0.150. The van der Waals surface area contributed by atoms with Crippen molar-refractivity contribution in [1.82, 2.24) is 5.32 Å². The number of anilines is 1. The molecule has 0 aromatic heterocycles. The largest absolute Gasteiger partial charge is 0.492 e. The SMILES string of the molecule is CCOc1c(Br)cc(/C=C2\C(=O)NC(=O)N(c3cccc(Cl)c3C)C2=O)cc1Br. The predicted octanol–water partition coefficient (Wildman–Crippen LogP) is 5.24. The third-order valence-electron chi connectivity index (χ3n) is 4.20. The lowest BCUT2D eigenvalue weighted by Crippen LogP contribution is -2.54. The Labute approximate surface area is 189 Å². The van der Waals surface area contributed by atoms with Gasteiger partial charge >= 0.3 is 6.03 Å². The molecule has 0 atom stereocenters. The van der Waals surface area contributed by atoms with E-state index in [1.807, 2.05) is 6.92 Å². The first-order chi connectivity index (χ1) is 13.7. The maximum Gasteiger partial charge on any atom is 0.335 e. The molecular weight excluding hydrogens is 527 g/mol. The molecule has 1 heterocycles. The van der Waals surface area contributed by atoms with Crippen molar-refractivity contribution in [3.05, 3.63) is 61.0 Å². The Hall–Kier alpha value is -2.16. The molecule has 0 aliphatic carbocycles. The van der Waals surface area contributed by atoms with E-state index in [1.165, 1.54) is 6.08 Å². The van der Waals surface area contributed by atoms with E-state index >= 15 is 0 Å². The van der Waals surface area contributed by atoms with Crippen LogP contribution in [-0.4, -0.2) is 24.5 Å². The van der Waals surface area contributed by atoms with Crippen molar-refractivity contribution in [3.8, 4) is 5.75 Å². The highest BCUT2D eigenvalue weighted by Gasteiger charge is 2.37.